The summed E-state index contributed by atoms with van der Waals surface area (Å²) in [6.07, 6.45) is 1.04. The van der Waals surface area contributed by atoms with Crippen LogP contribution in [0, 0.1) is 10.1 Å². The number of amides is 1. The molecule has 2 aromatic carbocycles. The molecule has 2 aromatic rings. The molecule has 1 amide bonds. The fourth-order valence-corrected chi connectivity index (χ4v) is 2.31. The summed E-state index contributed by atoms with van der Waals surface area (Å²) in [5.41, 5.74) is 1.74. The largest absolute Gasteiger partial charge is 0.322 e. The molecule has 0 saturated carbocycles. The monoisotopic (exact) mass is 332 g/mol. The van der Waals surface area contributed by atoms with Crippen LogP contribution in [-0.2, 0) is 0 Å². The molecule has 0 radical (unpaired) electrons. The molecule has 0 aliphatic heterocycles. The summed E-state index contributed by atoms with van der Waals surface area (Å²) in [6.45, 7) is 4.26. The van der Waals surface area contributed by atoms with Crippen LogP contribution in [0.3, 0.4) is 0 Å². The molecule has 6 heteroatoms. The average Bonchev–Trinajstić information content (AvgIpc) is 2.54. The van der Waals surface area contributed by atoms with Crippen molar-refractivity contribution in [2.45, 2.75) is 26.2 Å². The minimum absolute atomic E-state index is 0.00413. The number of halogens is 1. The highest BCUT2D eigenvalue weighted by molar-refractivity contribution is 6.32. The number of nitrogens with one attached hydrogen (secondary N) is 1. The molecule has 0 bridgehead atoms. The number of rotatable bonds is 5. The van der Waals surface area contributed by atoms with Crippen molar-refractivity contribution in [2.75, 3.05) is 5.32 Å². The van der Waals surface area contributed by atoms with Gasteiger partial charge in [-0.15, -0.1) is 0 Å². The summed E-state index contributed by atoms with van der Waals surface area (Å²) in [6, 6.07) is 11.6. The Morgan fingerprint density at radius 1 is 1.26 bits per heavy atom. The van der Waals surface area contributed by atoms with Gasteiger partial charge in [0.15, 0.2) is 0 Å². The second-order valence-electron chi connectivity index (χ2n) is 5.31. The Balaban J connectivity index is 2.16. The molecule has 0 spiro atoms. The first-order chi connectivity index (χ1) is 10.9. The Hall–Kier alpha value is -2.40. The van der Waals surface area contributed by atoms with E-state index in [4.69, 9.17) is 11.6 Å². The number of carbonyl (C=O) groups is 1. The van der Waals surface area contributed by atoms with Gasteiger partial charge in [0.1, 0.15) is 5.02 Å². The second-order valence-corrected chi connectivity index (χ2v) is 5.72. The normalized spacial score (nSPS) is 11.8. The average molecular weight is 333 g/mol. The topological polar surface area (TPSA) is 72.2 Å². The first-order valence-corrected chi connectivity index (χ1v) is 7.65. The van der Waals surface area contributed by atoms with Gasteiger partial charge in [0.25, 0.3) is 11.6 Å². The molecule has 0 heterocycles. The standard InChI is InChI=1S/C17H17ClN2O3/c1-3-11(2)12-4-7-14(8-5-12)19-17(21)13-6-9-15(18)16(10-13)20(22)23/h4-11H,3H2,1-2H3,(H,19,21)/t11-/m0/s1. The third kappa shape index (κ3) is 4.07. The second kappa shape index (κ2) is 7.24. The fourth-order valence-electron chi connectivity index (χ4n) is 2.13. The molecule has 1 N–H and O–H groups in total. The highest BCUT2D eigenvalue weighted by Crippen LogP contribution is 2.26. The minimum Gasteiger partial charge on any atom is -0.322 e. The van der Waals surface area contributed by atoms with Crippen molar-refractivity contribution in [2.24, 2.45) is 0 Å². The summed E-state index contributed by atoms with van der Waals surface area (Å²) in [5, 5.41) is 13.6. The van der Waals surface area contributed by atoms with Gasteiger partial charge >= 0.3 is 0 Å². The maximum atomic E-state index is 12.2. The van der Waals surface area contributed by atoms with Gasteiger partial charge in [0.2, 0.25) is 0 Å². The van der Waals surface area contributed by atoms with Gasteiger partial charge in [-0.2, -0.15) is 0 Å². The Kier molecular flexibility index (Phi) is 5.34. The highest BCUT2D eigenvalue weighted by atomic mass is 35.5. The van der Waals surface area contributed by atoms with E-state index in [1.165, 1.54) is 23.8 Å². The predicted octanol–water partition coefficient (Wildman–Crippen LogP) is 5.01. The molecular formula is C17H17ClN2O3. The van der Waals surface area contributed by atoms with Crippen LogP contribution in [0.4, 0.5) is 11.4 Å². The van der Waals surface area contributed by atoms with E-state index >= 15 is 0 Å². The lowest BCUT2D eigenvalue weighted by molar-refractivity contribution is -0.384. The van der Waals surface area contributed by atoms with Crippen molar-refractivity contribution >= 4 is 28.9 Å². The number of nitrogens with zero attached hydrogens (tertiary/aromatic N) is 1. The van der Waals surface area contributed by atoms with Crippen LogP contribution in [0.25, 0.3) is 0 Å². The van der Waals surface area contributed by atoms with E-state index in [2.05, 4.69) is 19.2 Å². The van der Waals surface area contributed by atoms with Crippen molar-refractivity contribution in [3.8, 4) is 0 Å². The lowest BCUT2D eigenvalue weighted by atomic mass is 9.98. The maximum absolute atomic E-state index is 12.2. The number of anilines is 1. The molecule has 0 saturated heterocycles. The van der Waals surface area contributed by atoms with Crippen LogP contribution in [0.1, 0.15) is 42.1 Å². The van der Waals surface area contributed by atoms with Crippen LogP contribution in [0.5, 0.6) is 0 Å². The molecule has 120 valence electrons. The molecule has 2 rings (SSSR count). The van der Waals surface area contributed by atoms with Crippen molar-refractivity contribution < 1.29 is 9.72 Å². The molecule has 0 unspecified atom stereocenters. The smallest absolute Gasteiger partial charge is 0.288 e. The molecule has 0 fully saturated rings. The zero-order valence-electron chi connectivity index (χ0n) is 12.9. The lowest BCUT2D eigenvalue weighted by Gasteiger charge is -2.10. The van der Waals surface area contributed by atoms with E-state index in [9.17, 15) is 14.9 Å². The first kappa shape index (κ1) is 17.0. The Morgan fingerprint density at radius 2 is 1.91 bits per heavy atom. The summed E-state index contributed by atoms with van der Waals surface area (Å²) >= 11 is 5.74. The Bertz CT molecular complexity index is 729. The van der Waals surface area contributed by atoms with Gasteiger partial charge in [-0.25, -0.2) is 0 Å². The molecule has 0 aliphatic rings. The maximum Gasteiger partial charge on any atom is 0.288 e. The molecule has 1 atom stereocenters. The molecule has 5 nitrogen and oxygen atoms in total. The number of benzene rings is 2. The number of nitro benzene ring substituents is 1. The number of hydrogen-bond acceptors (Lipinski definition) is 3. The summed E-state index contributed by atoms with van der Waals surface area (Å²) < 4.78 is 0. The van der Waals surface area contributed by atoms with Crippen LogP contribution in [0.15, 0.2) is 42.5 Å². The van der Waals surface area contributed by atoms with E-state index in [-0.39, 0.29) is 16.3 Å². The van der Waals surface area contributed by atoms with Crippen molar-refractivity contribution in [3.63, 3.8) is 0 Å². The SMILES string of the molecule is CC[C@H](C)c1ccc(NC(=O)c2ccc(Cl)c([N+](=O)[O-])c2)cc1. The lowest BCUT2D eigenvalue weighted by Crippen LogP contribution is -2.12. The number of carbonyl (C=O) groups excluding carboxylic acids is 1. The van der Waals surface area contributed by atoms with Gasteiger partial charge in [-0.1, -0.05) is 37.6 Å². The van der Waals surface area contributed by atoms with Gasteiger partial charge < -0.3 is 5.32 Å². The number of hydrogen-bond donors (Lipinski definition) is 1. The van der Waals surface area contributed by atoms with E-state index in [1.54, 1.807) is 0 Å². The van der Waals surface area contributed by atoms with Crippen molar-refractivity contribution in [1.29, 1.82) is 0 Å². The molecule has 0 aromatic heterocycles. The van der Waals surface area contributed by atoms with Crippen molar-refractivity contribution in [1.82, 2.24) is 0 Å². The van der Waals surface area contributed by atoms with Gasteiger partial charge in [0.05, 0.1) is 4.92 Å². The zero-order valence-corrected chi connectivity index (χ0v) is 13.6. The van der Waals surface area contributed by atoms with E-state index in [1.807, 2.05) is 24.3 Å². The van der Waals surface area contributed by atoms with Gasteiger partial charge in [-0.05, 0) is 42.2 Å². The third-order valence-corrected chi connectivity index (χ3v) is 4.07. The third-order valence-electron chi connectivity index (χ3n) is 3.75. The zero-order chi connectivity index (χ0) is 17.0. The minimum atomic E-state index is -0.611. The van der Waals surface area contributed by atoms with Gasteiger partial charge in [0, 0.05) is 17.3 Å². The Labute approximate surface area is 139 Å². The first-order valence-electron chi connectivity index (χ1n) is 7.27. The van der Waals surface area contributed by atoms with Crippen molar-refractivity contribution in [3.05, 3.63) is 68.7 Å². The predicted molar refractivity (Wildman–Crippen MR) is 91.2 cm³/mol. The van der Waals surface area contributed by atoms with Gasteiger partial charge in [-0.3, -0.25) is 14.9 Å². The Morgan fingerprint density at radius 3 is 2.48 bits per heavy atom. The van der Waals surface area contributed by atoms with Crippen LogP contribution >= 0.6 is 11.6 Å². The highest BCUT2D eigenvalue weighted by Gasteiger charge is 2.16. The van der Waals surface area contributed by atoms with Crippen LogP contribution in [-0.4, -0.2) is 10.8 Å². The van der Waals surface area contributed by atoms with E-state index in [0.717, 1.165) is 6.42 Å². The van der Waals surface area contributed by atoms with Crippen LogP contribution < -0.4 is 5.32 Å². The summed E-state index contributed by atoms with van der Waals surface area (Å²) in [4.78, 5) is 22.5. The van der Waals surface area contributed by atoms with Crippen LogP contribution in [0.2, 0.25) is 5.02 Å². The quantitative estimate of drug-likeness (QED) is 0.617. The molecule has 0 aliphatic carbocycles. The summed E-state index contributed by atoms with van der Waals surface area (Å²) in [7, 11) is 0. The number of nitro groups is 1. The van der Waals surface area contributed by atoms with E-state index < -0.39 is 10.8 Å². The fraction of sp³-hybridized carbons (Fsp3) is 0.235. The molecular weight excluding hydrogens is 316 g/mol. The summed E-state index contributed by atoms with van der Waals surface area (Å²) in [5.74, 6) is 0.0414. The molecule has 23 heavy (non-hydrogen) atoms. The van der Waals surface area contributed by atoms with E-state index in [0.29, 0.717) is 11.6 Å².